The highest BCUT2D eigenvalue weighted by Gasteiger charge is 2.42. The molecular formula is C29H32BrFN4O3S. The number of fused-ring (bicyclic) bond motifs is 1. The molecule has 0 spiro atoms. The predicted octanol–water partition coefficient (Wildman–Crippen LogP) is 7.32. The molecule has 1 aliphatic heterocycles. The highest BCUT2D eigenvalue weighted by molar-refractivity contribution is 9.10. The van der Waals surface area contributed by atoms with Gasteiger partial charge in [0, 0.05) is 29.0 Å². The summed E-state index contributed by atoms with van der Waals surface area (Å²) in [5, 5.41) is 8.91. The van der Waals surface area contributed by atoms with E-state index in [0.717, 1.165) is 29.9 Å². The van der Waals surface area contributed by atoms with Crippen molar-refractivity contribution in [3.63, 3.8) is 0 Å². The number of Topliss-reactive ketones (excluding diaryl/α,β-unsaturated/α-hetero) is 1. The molecule has 0 radical (unpaired) electrons. The van der Waals surface area contributed by atoms with E-state index in [4.69, 9.17) is 19.6 Å². The second-order valence-electron chi connectivity index (χ2n) is 10.5. The summed E-state index contributed by atoms with van der Waals surface area (Å²) >= 11 is 5.26. The highest BCUT2D eigenvalue weighted by Crippen LogP contribution is 2.48. The molecule has 1 aliphatic carbocycles. The number of thioether (sulfide) groups is 1. The molecule has 1 atom stereocenters. The summed E-state index contributed by atoms with van der Waals surface area (Å²) in [6, 6.07) is 9.87. The number of ketones is 1. The zero-order valence-corrected chi connectivity index (χ0v) is 24.9. The van der Waals surface area contributed by atoms with Crippen molar-refractivity contribution in [2.75, 3.05) is 17.7 Å². The number of anilines is 1. The first kappa shape index (κ1) is 27.7. The Hall–Kier alpha value is -2.85. The molecule has 0 saturated carbocycles. The zero-order valence-electron chi connectivity index (χ0n) is 22.5. The van der Waals surface area contributed by atoms with Gasteiger partial charge >= 0.3 is 0 Å². The number of halogens is 2. The largest absolute Gasteiger partial charge is 0.490 e. The minimum atomic E-state index is -0.473. The Morgan fingerprint density at radius 2 is 2.00 bits per heavy atom. The van der Waals surface area contributed by atoms with Gasteiger partial charge in [0.25, 0.3) is 0 Å². The van der Waals surface area contributed by atoms with Gasteiger partial charge in [-0.3, -0.25) is 4.79 Å². The first-order valence-corrected chi connectivity index (χ1v) is 14.9. The number of ether oxygens (including phenoxy) is 2. The number of rotatable bonds is 9. The normalized spacial score (nSPS) is 17.9. The van der Waals surface area contributed by atoms with E-state index in [2.05, 4.69) is 42.0 Å². The van der Waals surface area contributed by atoms with Gasteiger partial charge in [0.2, 0.25) is 11.1 Å². The molecule has 2 aliphatic rings. The van der Waals surface area contributed by atoms with Gasteiger partial charge in [0.15, 0.2) is 17.3 Å². The minimum absolute atomic E-state index is 0.0478. The van der Waals surface area contributed by atoms with E-state index in [9.17, 15) is 9.18 Å². The van der Waals surface area contributed by atoms with Crippen LogP contribution in [0.5, 0.6) is 11.5 Å². The van der Waals surface area contributed by atoms with Crippen molar-refractivity contribution in [2.45, 2.75) is 64.8 Å². The quantitative estimate of drug-likeness (QED) is 0.253. The Bertz CT molecular complexity index is 1440. The molecule has 1 unspecified atom stereocenters. The van der Waals surface area contributed by atoms with Gasteiger partial charge in [-0.25, -0.2) is 9.07 Å². The number of nitrogens with one attached hydrogen (secondary N) is 1. The molecule has 0 bridgehead atoms. The minimum Gasteiger partial charge on any atom is -0.490 e. The van der Waals surface area contributed by atoms with E-state index in [1.165, 1.54) is 6.07 Å². The Morgan fingerprint density at radius 3 is 2.74 bits per heavy atom. The number of benzene rings is 2. The van der Waals surface area contributed by atoms with Crippen molar-refractivity contribution in [2.24, 2.45) is 5.41 Å². The lowest BCUT2D eigenvalue weighted by atomic mass is 9.73. The lowest BCUT2D eigenvalue weighted by Crippen LogP contribution is -2.36. The van der Waals surface area contributed by atoms with Crippen LogP contribution in [0, 0.1) is 11.2 Å². The second-order valence-corrected chi connectivity index (χ2v) is 12.4. The Kier molecular flexibility index (Phi) is 8.05. The number of allylic oxidation sites excluding steroid dienone is 2. The van der Waals surface area contributed by atoms with Gasteiger partial charge in [-0.2, -0.15) is 4.98 Å². The van der Waals surface area contributed by atoms with E-state index in [0.29, 0.717) is 51.2 Å². The van der Waals surface area contributed by atoms with E-state index in [1.54, 1.807) is 30.0 Å². The standard InChI is InChI=1S/C29H32BrFN4O3S/c1-5-11-39-28-33-27-32-21-14-29(3,4)15-22(36)24(21)25(35(27)34-28)18-12-19(30)26(23(13-18)37-6-2)38-16-17-9-7-8-10-20(17)31/h7-10,12-13,25H,5-6,11,14-16H2,1-4H3,(H,32,33,34). The molecule has 7 nitrogen and oxygen atoms in total. The van der Waals surface area contributed by atoms with Crippen LogP contribution in [0.1, 0.15) is 64.1 Å². The van der Waals surface area contributed by atoms with Crippen LogP contribution >= 0.6 is 27.7 Å². The average molecular weight is 616 g/mol. The lowest BCUT2D eigenvalue weighted by molar-refractivity contribution is -0.118. The third-order valence-electron chi connectivity index (χ3n) is 6.73. The van der Waals surface area contributed by atoms with E-state index in [1.807, 2.05) is 23.7 Å². The maximum atomic E-state index is 14.2. The Balaban J connectivity index is 1.58. The summed E-state index contributed by atoms with van der Waals surface area (Å²) in [6.07, 6.45) is 2.19. The molecule has 2 aromatic carbocycles. The third-order valence-corrected chi connectivity index (χ3v) is 8.36. The van der Waals surface area contributed by atoms with E-state index in [-0.39, 0.29) is 23.6 Å². The van der Waals surface area contributed by atoms with Crippen LogP contribution in [0.2, 0.25) is 0 Å². The number of hydrogen-bond donors (Lipinski definition) is 1. The van der Waals surface area contributed by atoms with E-state index < -0.39 is 6.04 Å². The highest BCUT2D eigenvalue weighted by atomic mass is 79.9. The maximum Gasteiger partial charge on any atom is 0.227 e. The van der Waals surface area contributed by atoms with Gasteiger partial charge in [-0.15, -0.1) is 5.10 Å². The van der Waals surface area contributed by atoms with Crippen LogP contribution in [-0.4, -0.2) is 32.9 Å². The van der Waals surface area contributed by atoms with Crippen LogP contribution in [0.3, 0.4) is 0 Å². The van der Waals surface area contributed by atoms with E-state index >= 15 is 0 Å². The molecule has 10 heteroatoms. The van der Waals surface area contributed by atoms with Gasteiger partial charge in [0.1, 0.15) is 18.5 Å². The van der Waals surface area contributed by atoms with Crippen molar-refractivity contribution in [3.05, 3.63) is 69.1 Å². The molecule has 206 valence electrons. The van der Waals surface area contributed by atoms with Gasteiger partial charge in [0.05, 0.1) is 11.1 Å². The number of carbonyl (C=O) groups excluding carboxylic acids is 1. The number of nitrogens with zero attached hydrogens (tertiary/aromatic N) is 3. The zero-order chi connectivity index (χ0) is 27.7. The van der Waals surface area contributed by atoms with Crippen LogP contribution in [0.25, 0.3) is 0 Å². The van der Waals surface area contributed by atoms with Crippen LogP contribution in [0.4, 0.5) is 10.3 Å². The monoisotopic (exact) mass is 614 g/mol. The van der Waals surface area contributed by atoms with Crippen LogP contribution in [0.15, 0.2) is 57.3 Å². The maximum absolute atomic E-state index is 14.2. The lowest BCUT2D eigenvalue weighted by Gasteiger charge is -2.38. The first-order chi connectivity index (χ1) is 18.7. The first-order valence-electron chi connectivity index (χ1n) is 13.2. The third kappa shape index (κ3) is 5.72. The topological polar surface area (TPSA) is 78.3 Å². The summed E-state index contributed by atoms with van der Waals surface area (Å²) in [6.45, 7) is 8.69. The van der Waals surface area contributed by atoms with Crippen molar-refractivity contribution in [1.29, 1.82) is 0 Å². The van der Waals surface area contributed by atoms with Crippen molar-refractivity contribution in [1.82, 2.24) is 14.8 Å². The summed E-state index contributed by atoms with van der Waals surface area (Å²) in [5.41, 5.74) is 2.71. The summed E-state index contributed by atoms with van der Waals surface area (Å²) in [7, 11) is 0. The number of hydrogen-bond acceptors (Lipinski definition) is 7. The summed E-state index contributed by atoms with van der Waals surface area (Å²) in [5.74, 6) is 2.27. The second kappa shape index (κ2) is 11.3. The number of carbonyl (C=O) groups is 1. The van der Waals surface area contributed by atoms with Gasteiger partial charge in [-0.1, -0.05) is 50.7 Å². The summed E-state index contributed by atoms with van der Waals surface area (Å²) in [4.78, 5) is 18.4. The summed E-state index contributed by atoms with van der Waals surface area (Å²) < 4.78 is 28.7. The van der Waals surface area contributed by atoms with Gasteiger partial charge < -0.3 is 14.8 Å². The molecule has 0 fully saturated rings. The molecule has 0 amide bonds. The smallest absolute Gasteiger partial charge is 0.227 e. The molecule has 3 aromatic rings. The molecule has 2 heterocycles. The molecule has 0 saturated heterocycles. The predicted molar refractivity (Wildman–Crippen MR) is 154 cm³/mol. The fourth-order valence-corrected chi connectivity index (χ4v) is 6.32. The van der Waals surface area contributed by atoms with Crippen LogP contribution < -0.4 is 14.8 Å². The fraction of sp³-hybridized carbons (Fsp3) is 0.414. The molecule has 1 aromatic heterocycles. The fourth-order valence-electron chi connectivity index (χ4n) is 5.07. The Labute approximate surface area is 240 Å². The average Bonchev–Trinajstić information content (AvgIpc) is 3.28. The molecule has 39 heavy (non-hydrogen) atoms. The Morgan fingerprint density at radius 1 is 1.21 bits per heavy atom. The van der Waals surface area contributed by atoms with Crippen molar-refractivity contribution >= 4 is 39.4 Å². The van der Waals surface area contributed by atoms with Crippen molar-refractivity contribution in [3.8, 4) is 11.5 Å². The van der Waals surface area contributed by atoms with Crippen molar-refractivity contribution < 1.29 is 18.7 Å². The SMILES string of the molecule is CCCSc1nc2n(n1)C(c1cc(Br)c(OCc3ccccc3F)c(OCC)c1)C1=C(CC(C)(C)CC1=O)N2. The number of aromatic nitrogens is 3. The molecular weight excluding hydrogens is 583 g/mol. The van der Waals surface area contributed by atoms with Crippen LogP contribution in [-0.2, 0) is 11.4 Å². The molecule has 1 N–H and O–H groups in total. The van der Waals surface area contributed by atoms with Gasteiger partial charge in [-0.05, 0) is 64.9 Å². The molecule has 5 rings (SSSR count).